The molecule has 2 aliphatic carbocycles. The van der Waals surface area contributed by atoms with Crippen LogP contribution in [0.15, 0.2) is 63.2 Å². The van der Waals surface area contributed by atoms with Crippen molar-refractivity contribution in [2.24, 2.45) is 22.9 Å². The largest absolute Gasteiger partial charge is 0.497 e. The van der Waals surface area contributed by atoms with E-state index in [2.05, 4.69) is 17.4 Å². The van der Waals surface area contributed by atoms with Crippen molar-refractivity contribution in [3.8, 4) is 5.75 Å². The lowest BCUT2D eigenvalue weighted by atomic mass is 9.75. The van der Waals surface area contributed by atoms with E-state index in [0.29, 0.717) is 28.7 Å². The van der Waals surface area contributed by atoms with Gasteiger partial charge in [-0.05, 0) is 79.0 Å². The molecule has 1 aliphatic heterocycles. The van der Waals surface area contributed by atoms with Crippen LogP contribution in [-0.4, -0.2) is 31.3 Å². The Kier molecular flexibility index (Phi) is 6.21. The van der Waals surface area contributed by atoms with E-state index < -0.39 is 10.0 Å². The minimum atomic E-state index is -3.81. The number of nitrogens with zero attached hydrogens (tertiary/aromatic N) is 1. The molecule has 37 heavy (non-hydrogen) atoms. The van der Waals surface area contributed by atoms with Crippen LogP contribution in [0.2, 0.25) is 0 Å². The first kappa shape index (κ1) is 24.7. The van der Waals surface area contributed by atoms with Crippen LogP contribution in [0.3, 0.4) is 0 Å². The van der Waals surface area contributed by atoms with Crippen molar-refractivity contribution >= 4 is 44.7 Å². The smallest absolute Gasteiger partial charge is 0.308 e. The third kappa shape index (κ3) is 4.41. The summed E-state index contributed by atoms with van der Waals surface area (Å²) in [6.07, 6.45) is 3.71. The van der Waals surface area contributed by atoms with E-state index in [4.69, 9.17) is 9.88 Å². The van der Waals surface area contributed by atoms with Gasteiger partial charge in [0.2, 0.25) is 15.9 Å². The Morgan fingerprint density at radius 1 is 1.11 bits per heavy atom. The number of thioether (sulfide) groups is 1. The SMILES string of the molecule is COc1ccc([C@@H]2c3sc(=O)n(CC(=O)Nc4ccc(S(N)(=O)=O)cc4)c3SC3C4CCC(C4)C32)cc1. The summed E-state index contributed by atoms with van der Waals surface area (Å²) in [4.78, 5) is 27.0. The lowest BCUT2D eigenvalue weighted by Gasteiger charge is -2.40. The summed E-state index contributed by atoms with van der Waals surface area (Å²) < 4.78 is 29.9. The van der Waals surface area contributed by atoms with Crippen molar-refractivity contribution in [3.63, 3.8) is 0 Å². The molecule has 6 rings (SSSR count). The minimum absolute atomic E-state index is 0.0324. The van der Waals surface area contributed by atoms with E-state index in [1.165, 1.54) is 60.4 Å². The van der Waals surface area contributed by atoms with E-state index in [-0.39, 0.29) is 28.1 Å². The zero-order chi connectivity index (χ0) is 25.9. The molecule has 2 saturated carbocycles. The molecule has 3 aromatic rings. The predicted octanol–water partition coefficient (Wildman–Crippen LogP) is 3.86. The maximum absolute atomic E-state index is 13.2. The Bertz CT molecular complexity index is 1510. The summed E-state index contributed by atoms with van der Waals surface area (Å²) in [5, 5.41) is 9.26. The number of aromatic nitrogens is 1. The number of rotatable bonds is 6. The topological polar surface area (TPSA) is 120 Å². The van der Waals surface area contributed by atoms with Crippen molar-refractivity contribution in [1.82, 2.24) is 4.57 Å². The van der Waals surface area contributed by atoms with Gasteiger partial charge in [0.15, 0.2) is 0 Å². The van der Waals surface area contributed by atoms with E-state index in [0.717, 1.165) is 15.7 Å². The molecule has 2 heterocycles. The Morgan fingerprint density at radius 3 is 2.49 bits per heavy atom. The molecule has 1 aromatic heterocycles. The van der Waals surface area contributed by atoms with E-state index in [1.54, 1.807) is 23.4 Å². The lowest BCUT2D eigenvalue weighted by molar-refractivity contribution is -0.116. The molecule has 11 heteroatoms. The molecule has 194 valence electrons. The van der Waals surface area contributed by atoms with Crippen LogP contribution >= 0.6 is 23.1 Å². The summed E-state index contributed by atoms with van der Waals surface area (Å²) in [5.41, 5.74) is 1.63. The van der Waals surface area contributed by atoms with Gasteiger partial charge in [0.1, 0.15) is 12.3 Å². The molecular formula is C26H27N3O5S3. The monoisotopic (exact) mass is 557 g/mol. The standard InChI is InChI=1S/C26H27N3O5S3/c1-34-18-8-4-14(5-9-18)21-22-15-2-3-16(12-15)23(22)35-25-24(21)36-26(31)29(25)13-20(30)28-17-6-10-19(11-7-17)37(27,32)33/h4-11,15-16,21-23H,2-3,12-13H2,1H3,(H,28,30)(H2,27,32,33)/t15?,16?,21-,22?,23?/m0/s1. The number of hydrogen-bond acceptors (Lipinski definition) is 7. The van der Waals surface area contributed by atoms with Gasteiger partial charge in [-0.3, -0.25) is 14.2 Å². The number of anilines is 1. The zero-order valence-electron chi connectivity index (χ0n) is 20.1. The highest BCUT2D eigenvalue weighted by molar-refractivity contribution is 8.00. The highest BCUT2D eigenvalue weighted by atomic mass is 32.2. The molecule has 2 bridgehead atoms. The van der Waals surface area contributed by atoms with Gasteiger partial charge in [0.05, 0.1) is 17.0 Å². The van der Waals surface area contributed by atoms with Crippen LogP contribution in [0, 0.1) is 17.8 Å². The molecule has 4 unspecified atom stereocenters. The van der Waals surface area contributed by atoms with Gasteiger partial charge in [-0.25, -0.2) is 13.6 Å². The number of thiazole rings is 1. The molecular weight excluding hydrogens is 531 g/mol. The number of carbonyl (C=O) groups is 1. The minimum Gasteiger partial charge on any atom is -0.497 e. The molecule has 1 amide bonds. The van der Waals surface area contributed by atoms with Crippen molar-refractivity contribution in [2.75, 3.05) is 12.4 Å². The van der Waals surface area contributed by atoms with Gasteiger partial charge in [0.25, 0.3) is 0 Å². The highest BCUT2D eigenvalue weighted by Crippen LogP contribution is 2.64. The van der Waals surface area contributed by atoms with Crippen LogP contribution in [0.1, 0.15) is 35.6 Å². The second-order valence-electron chi connectivity index (χ2n) is 9.98. The van der Waals surface area contributed by atoms with E-state index >= 15 is 0 Å². The predicted molar refractivity (Wildman–Crippen MR) is 144 cm³/mol. The molecule has 0 radical (unpaired) electrons. The van der Waals surface area contributed by atoms with Crippen LogP contribution in [0.25, 0.3) is 0 Å². The second-order valence-corrected chi connectivity index (χ2v) is 13.7. The van der Waals surface area contributed by atoms with Crippen LogP contribution in [-0.2, 0) is 21.4 Å². The average Bonchev–Trinajstić information content (AvgIpc) is 3.57. The third-order valence-electron chi connectivity index (χ3n) is 7.93. The number of nitrogens with two attached hydrogens (primary N) is 1. The van der Waals surface area contributed by atoms with Crippen LogP contribution < -0.4 is 20.1 Å². The fourth-order valence-electron chi connectivity index (χ4n) is 6.34. The fourth-order valence-corrected chi connectivity index (χ4v) is 10.0. The van der Waals surface area contributed by atoms with Gasteiger partial charge in [0, 0.05) is 21.7 Å². The van der Waals surface area contributed by atoms with Crippen molar-refractivity contribution in [1.29, 1.82) is 0 Å². The maximum Gasteiger partial charge on any atom is 0.308 e. The number of carbonyl (C=O) groups excluding carboxylic acids is 1. The van der Waals surface area contributed by atoms with Crippen LogP contribution in [0.4, 0.5) is 5.69 Å². The quantitative estimate of drug-likeness (QED) is 0.475. The number of methoxy groups -OCH3 is 1. The normalized spacial score (nSPS) is 25.9. The fraction of sp³-hybridized carbons (Fsp3) is 0.385. The Hall–Kier alpha value is -2.60. The second kappa shape index (κ2) is 9.30. The molecule has 8 nitrogen and oxygen atoms in total. The molecule has 0 spiro atoms. The van der Waals surface area contributed by atoms with Gasteiger partial charge >= 0.3 is 4.87 Å². The summed E-state index contributed by atoms with van der Waals surface area (Å²) in [5.74, 6) is 2.39. The van der Waals surface area contributed by atoms with Gasteiger partial charge < -0.3 is 10.1 Å². The van der Waals surface area contributed by atoms with Gasteiger partial charge in [-0.15, -0.1) is 11.8 Å². The summed E-state index contributed by atoms with van der Waals surface area (Å²) in [6.45, 7) is -0.102. The molecule has 0 saturated heterocycles. The average molecular weight is 558 g/mol. The number of primary sulfonamides is 1. The Balaban J connectivity index is 1.31. The first-order chi connectivity index (χ1) is 17.7. The first-order valence-electron chi connectivity index (χ1n) is 12.2. The zero-order valence-corrected chi connectivity index (χ0v) is 22.6. The van der Waals surface area contributed by atoms with Gasteiger partial charge in [-0.2, -0.15) is 0 Å². The number of sulfonamides is 1. The van der Waals surface area contributed by atoms with Crippen molar-refractivity contribution < 1.29 is 17.9 Å². The summed E-state index contributed by atoms with van der Waals surface area (Å²) in [6, 6.07) is 13.8. The van der Waals surface area contributed by atoms with E-state index in [1.807, 2.05) is 12.1 Å². The Morgan fingerprint density at radius 2 is 1.81 bits per heavy atom. The summed E-state index contributed by atoms with van der Waals surface area (Å²) >= 11 is 3.04. The highest BCUT2D eigenvalue weighted by Gasteiger charge is 2.55. The number of hydrogen-bond donors (Lipinski definition) is 2. The van der Waals surface area contributed by atoms with Gasteiger partial charge in [-0.1, -0.05) is 23.5 Å². The third-order valence-corrected chi connectivity index (χ3v) is 11.7. The van der Waals surface area contributed by atoms with Crippen molar-refractivity contribution in [3.05, 3.63) is 68.6 Å². The molecule has 3 aliphatic rings. The number of amides is 1. The van der Waals surface area contributed by atoms with E-state index in [9.17, 15) is 18.0 Å². The Labute approximate surface area is 223 Å². The number of ether oxygens (including phenoxy) is 1. The molecule has 5 atom stereocenters. The van der Waals surface area contributed by atoms with Crippen molar-refractivity contribution in [2.45, 2.75) is 46.9 Å². The molecule has 2 aromatic carbocycles. The lowest BCUT2D eigenvalue weighted by Crippen LogP contribution is -2.34. The first-order valence-corrected chi connectivity index (χ1v) is 15.4. The number of fused-ring (bicyclic) bond motifs is 6. The molecule has 2 fully saturated rings. The van der Waals surface area contributed by atoms with Crippen LogP contribution in [0.5, 0.6) is 5.75 Å². The number of nitrogens with one attached hydrogen (secondary N) is 1. The number of benzene rings is 2. The maximum atomic E-state index is 13.2. The summed E-state index contributed by atoms with van der Waals surface area (Å²) in [7, 11) is -2.16. The molecule has 3 N–H and O–H groups in total.